The van der Waals surface area contributed by atoms with Crippen LogP contribution < -0.4 is 0 Å². The van der Waals surface area contributed by atoms with Gasteiger partial charge in [0.2, 0.25) is 0 Å². The van der Waals surface area contributed by atoms with Crippen LogP contribution in [0.3, 0.4) is 0 Å². The molecule has 0 N–H and O–H groups in total. The van der Waals surface area contributed by atoms with Crippen molar-refractivity contribution in [2.75, 3.05) is 0 Å². The molecule has 0 radical (unpaired) electrons. The summed E-state index contributed by atoms with van der Waals surface area (Å²) in [6, 6.07) is 26.0. The van der Waals surface area contributed by atoms with E-state index >= 15 is 0 Å². The zero-order valence-electron chi connectivity index (χ0n) is 31.3. The molecule has 4 aromatic rings. The van der Waals surface area contributed by atoms with Gasteiger partial charge in [0.1, 0.15) is 0 Å². The summed E-state index contributed by atoms with van der Waals surface area (Å²) < 4.78 is 6.58. The number of aryl methyl sites for hydroxylation is 2. The van der Waals surface area contributed by atoms with E-state index in [1.807, 2.05) is 0 Å². The number of hydrogen-bond donors (Lipinski definition) is 0. The van der Waals surface area contributed by atoms with Gasteiger partial charge >= 0.3 is 284 Å². The van der Waals surface area contributed by atoms with Gasteiger partial charge in [0.15, 0.2) is 0 Å². The quantitative estimate of drug-likeness (QED) is 0.177. The first-order valence-corrected chi connectivity index (χ1v) is 31.0. The maximum atomic E-state index is 2.78. The van der Waals surface area contributed by atoms with Crippen LogP contribution in [-0.4, -0.2) is 6.88 Å². The smallest absolute Gasteiger partial charge is 0.147 e. The van der Waals surface area contributed by atoms with Crippen molar-refractivity contribution in [2.24, 2.45) is 5.92 Å². The number of allylic oxidation sites excluding steroid dienone is 2. The number of fused-ring (bicyclic) bond motifs is 2. The van der Waals surface area contributed by atoms with Crippen LogP contribution in [0.15, 0.2) is 77.9 Å². The van der Waals surface area contributed by atoms with Crippen LogP contribution in [0.4, 0.5) is 0 Å². The van der Waals surface area contributed by atoms with Crippen LogP contribution in [0.2, 0.25) is 9.26 Å². The molecule has 2 unspecified atom stereocenters. The summed E-state index contributed by atoms with van der Waals surface area (Å²) in [5.41, 5.74) is 22.1. The molecule has 0 aliphatic heterocycles. The number of halogens is 2. The molecule has 0 nitrogen and oxygen atoms in total. The molecule has 4 aromatic carbocycles. The second-order valence-corrected chi connectivity index (χ2v) is 47.5. The maximum Gasteiger partial charge on any atom is -0.147 e. The predicted molar refractivity (Wildman–Crippen MR) is 218 cm³/mol. The Kier molecular flexibility index (Phi) is 10.8. The fourth-order valence-electron chi connectivity index (χ4n) is 9.08. The van der Waals surface area contributed by atoms with Crippen molar-refractivity contribution in [1.82, 2.24) is 0 Å². The normalized spacial score (nSPS) is 17.3. The SMILES string of the molecule is CC1=Cc2c(-c3ccc(C)c(C)c3C)ccc(C)c2[CH]1[Zr]([CH3])([CH3])(=[SiH2])[CH]1C(C(C)C)=Cc2c(-c3ccc(C(C)(C)C)cc3)cccc21.Cl.Cl. The molecule has 6 rings (SSSR count). The zero-order valence-corrected chi connectivity index (χ0v) is 36.8. The summed E-state index contributed by atoms with van der Waals surface area (Å²) in [7, 11) is 0. The summed E-state index contributed by atoms with van der Waals surface area (Å²) in [6.07, 6.45) is 5.19. The first-order valence-electron chi connectivity index (χ1n) is 17.3. The third-order valence-corrected chi connectivity index (χ3v) is 29.3. The van der Waals surface area contributed by atoms with E-state index in [0.717, 1.165) is 0 Å². The van der Waals surface area contributed by atoms with Crippen LogP contribution in [0.25, 0.3) is 34.4 Å². The topological polar surface area (TPSA) is 0 Å². The predicted octanol–water partition coefficient (Wildman–Crippen LogP) is 13.0. The molecular formula is C44H56Cl2SiZr. The molecule has 0 saturated carbocycles. The molecule has 48 heavy (non-hydrogen) atoms. The van der Waals surface area contributed by atoms with Crippen LogP contribution >= 0.6 is 24.8 Å². The first kappa shape index (κ1) is 38.8. The van der Waals surface area contributed by atoms with Crippen LogP contribution in [-0.2, 0) is 22.8 Å². The molecule has 0 aromatic heterocycles. The zero-order chi connectivity index (χ0) is 33.5. The molecule has 2 aliphatic carbocycles. The van der Waals surface area contributed by atoms with E-state index in [2.05, 4.69) is 164 Å². The third kappa shape index (κ3) is 6.27. The molecule has 0 saturated heterocycles. The van der Waals surface area contributed by atoms with E-state index in [9.17, 15) is 0 Å². The van der Waals surface area contributed by atoms with Crippen LogP contribution in [0.1, 0.15) is 98.9 Å². The number of hydrogen-bond acceptors (Lipinski definition) is 0. The van der Waals surface area contributed by atoms with Crippen LogP contribution in [0.5, 0.6) is 0 Å². The molecule has 4 heteroatoms. The van der Waals surface area contributed by atoms with E-state index in [0.29, 0.717) is 13.2 Å². The second-order valence-electron chi connectivity index (χ2n) is 17.1. The average Bonchev–Trinajstić information content (AvgIpc) is 3.57. The standard InChI is InChI=1S/C22H25.C20H21.2CH3.2ClH.H2Si.Zr/c1-15(2)18-13-17-7-6-8-20(21(17)14-18)16-9-11-19(12-10-16)22(3,4)5;1-12-10-19-14(3)7-9-18(20(19)11-12)17-8-6-13(2)15(4)16(17)5;;;;;;/h6-15H,1-5H3;6-11H,1-5H3;2*1H3;2*1H;1H2;. The van der Waals surface area contributed by atoms with E-state index < -0.39 is 17.4 Å². The van der Waals surface area contributed by atoms with E-state index in [4.69, 9.17) is 0 Å². The number of rotatable bonds is 5. The van der Waals surface area contributed by atoms with Crippen molar-refractivity contribution in [3.8, 4) is 22.3 Å². The van der Waals surface area contributed by atoms with Gasteiger partial charge in [-0.05, 0) is 0 Å². The Morgan fingerprint density at radius 2 is 1.25 bits per heavy atom. The van der Waals surface area contributed by atoms with Crippen molar-refractivity contribution >= 4 is 43.8 Å². The van der Waals surface area contributed by atoms with Gasteiger partial charge < -0.3 is 0 Å². The van der Waals surface area contributed by atoms with Gasteiger partial charge in [-0.1, -0.05) is 0 Å². The van der Waals surface area contributed by atoms with Crippen LogP contribution in [0, 0.1) is 33.6 Å². The van der Waals surface area contributed by atoms with Gasteiger partial charge in [-0.3, -0.25) is 0 Å². The van der Waals surface area contributed by atoms with Crippen molar-refractivity contribution in [3.05, 3.63) is 128 Å². The second kappa shape index (κ2) is 13.3. The minimum Gasteiger partial charge on any atom is -0.147 e. The number of benzene rings is 4. The Hall–Kier alpha value is -1.96. The molecule has 0 bridgehead atoms. The minimum atomic E-state index is -3.71. The van der Waals surface area contributed by atoms with Gasteiger partial charge in [0.05, 0.1) is 0 Å². The third-order valence-electron chi connectivity index (χ3n) is 11.7. The van der Waals surface area contributed by atoms with E-state index in [-0.39, 0.29) is 30.2 Å². The van der Waals surface area contributed by atoms with Gasteiger partial charge in [0, 0.05) is 0 Å². The monoisotopic (exact) mass is 772 g/mol. The van der Waals surface area contributed by atoms with Crippen molar-refractivity contribution < 1.29 is 17.4 Å². The van der Waals surface area contributed by atoms with Crippen molar-refractivity contribution in [2.45, 2.75) is 91.2 Å². The molecule has 0 spiro atoms. The summed E-state index contributed by atoms with van der Waals surface area (Å²) in [5, 5.41) is 0. The summed E-state index contributed by atoms with van der Waals surface area (Å²) in [4.78, 5) is 0. The average molecular weight is 775 g/mol. The Morgan fingerprint density at radius 3 is 1.85 bits per heavy atom. The Balaban J connectivity index is 0.00000260. The Labute approximate surface area is 306 Å². The fraction of sp³-hybridized carbons (Fsp3) is 0.364. The van der Waals surface area contributed by atoms with Gasteiger partial charge in [0.25, 0.3) is 0 Å². The molecule has 254 valence electrons. The van der Waals surface area contributed by atoms with Crippen molar-refractivity contribution in [3.63, 3.8) is 0 Å². The van der Waals surface area contributed by atoms with Crippen molar-refractivity contribution in [1.29, 1.82) is 0 Å². The fourth-order valence-corrected chi connectivity index (χ4v) is 29.7. The summed E-state index contributed by atoms with van der Waals surface area (Å²) in [5.74, 6) is 0.502. The van der Waals surface area contributed by atoms with Gasteiger partial charge in [-0.2, -0.15) is 0 Å². The van der Waals surface area contributed by atoms with Gasteiger partial charge in [-0.15, -0.1) is 24.8 Å². The minimum absolute atomic E-state index is 0. The molecule has 0 fully saturated rings. The first-order chi connectivity index (χ1) is 21.4. The molecular weight excluding hydrogens is 719 g/mol. The van der Waals surface area contributed by atoms with Gasteiger partial charge in [-0.25, -0.2) is 0 Å². The summed E-state index contributed by atoms with van der Waals surface area (Å²) in [6.45, 7) is 25.8. The molecule has 2 atom stereocenters. The van der Waals surface area contributed by atoms with E-state index in [1.54, 1.807) is 22.3 Å². The Morgan fingerprint density at radius 1 is 0.646 bits per heavy atom. The molecule has 0 amide bonds. The molecule has 2 aliphatic rings. The maximum absolute atomic E-state index is 3.71. The van der Waals surface area contributed by atoms with E-state index in [1.165, 1.54) is 61.2 Å². The largest absolute Gasteiger partial charge is 0.147 e. The summed E-state index contributed by atoms with van der Waals surface area (Å²) >= 11 is -3.71. The molecule has 0 heterocycles. The Bertz CT molecular complexity index is 2030.